The summed E-state index contributed by atoms with van der Waals surface area (Å²) >= 11 is 1.62. The predicted molar refractivity (Wildman–Crippen MR) is 122 cm³/mol. The molecule has 2 aliphatic rings. The molecule has 0 radical (unpaired) electrons. The Kier molecular flexibility index (Phi) is 7.86. The van der Waals surface area contributed by atoms with E-state index in [1.807, 2.05) is 56.0 Å². The molecular weight excluding hydrogens is 414 g/mol. The summed E-state index contributed by atoms with van der Waals surface area (Å²) in [4.78, 5) is 41.7. The summed E-state index contributed by atoms with van der Waals surface area (Å²) in [5, 5.41) is 2.99. The summed E-state index contributed by atoms with van der Waals surface area (Å²) in [6.07, 6.45) is 1.60. The molecule has 1 aromatic carbocycles. The second-order valence-corrected chi connectivity index (χ2v) is 10.1. The Morgan fingerprint density at radius 2 is 1.81 bits per heavy atom. The fourth-order valence-electron chi connectivity index (χ4n) is 3.87. The monoisotopic (exact) mass is 447 g/mol. The number of ether oxygens (including phenoxy) is 1. The van der Waals surface area contributed by atoms with Crippen LogP contribution < -0.4 is 10.1 Å². The van der Waals surface area contributed by atoms with Gasteiger partial charge >= 0.3 is 0 Å². The molecule has 2 aliphatic heterocycles. The van der Waals surface area contributed by atoms with Gasteiger partial charge in [0.05, 0.1) is 18.9 Å². The minimum absolute atomic E-state index is 0.0403. The molecule has 2 saturated heterocycles. The van der Waals surface area contributed by atoms with Crippen LogP contribution in [0.2, 0.25) is 0 Å². The van der Waals surface area contributed by atoms with E-state index in [1.165, 1.54) is 0 Å². The van der Waals surface area contributed by atoms with Gasteiger partial charge in [-0.2, -0.15) is 0 Å². The Bertz CT molecular complexity index is 773. The second-order valence-electron chi connectivity index (χ2n) is 9.13. The number of rotatable bonds is 6. The number of likely N-dealkylation sites (tertiary alicyclic amines) is 1. The number of para-hydroxylation sites is 1. The van der Waals surface area contributed by atoms with Crippen LogP contribution in [0.1, 0.15) is 40.0 Å². The molecule has 0 spiro atoms. The van der Waals surface area contributed by atoms with E-state index in [0.29, 0.717) is 50.6 Å². The lowest BCUT2D eigenvalue weighted by atomic mass is 9.94. The fraction of sp³-hybridized carbons (Fsp3) is 0.609. The number of thioether (sulfide) groups is 1. The van der Waals surface area contributed by atoms with Crippen LogP contribution in [0.25, 0.3) is 0 Å². The predicted octanol–water partition coefficient (Wildman–Crippen LogP) is 2.51. The van der Waals surface area contributed by atoms with Crippen molar-refractivity contribution in [3.63, 3.8) is 0 Å². The molecule has 2 fully saturated rings. The van der Waals surface area contributed by atoms with E-state index in [-0.39, 0.29) is 29.2 Å². The normalized spacial score (nSPS) is 19.9. The molecule has 1 N–H and O–H groups in total. The van der Waals surface area contributed by atoms with Crippen molar-refractivity contribution in [1.82, 2.24) is 15.1 Å². The van der Waals surface area contributed by atoms with E-state index < -0.39 is 6.04 Å². The van der Waals surface area contributed by atoms with Gasteiger partial charge in [0.25, 0.3) is 0 Å². The van der Waals surface area contributed by atoms with Crippen LogP contribution in [0.3, 0.4) is 0 Å². The average Bonchev–Trinajstić information content (AvgIpc) is 3.23. The van der Waals surface area contributed by atoms with Gasteiger partial charge in [0.15, 0.2) is 0 Å². The van der Waals surface area contributed by atoms with Gasteiger partial charge in [0.2, 0.25) is 17.7 Å². The first-order valence-corrected chi connectivity index (χ1v) is 12.1. The third-order valence-corrected chi connectivity index (χ3v) is 6.50. The summed E-state index contributed by atoms with van der Waals surface area (Å²) < 4.78 is 5.61. The number of carbonyl (C=O) groups is 3. The molecule has 2 heterocycles. The molecule has 8 heteroatoms. The third kappa shape index (κ3) is 6.63. The minimum atomic E-state index is -0.411. The topological polar surface area (TPSA) is 79.0 Å². The Morgan fingerprint density at radius 1 is 1.13 bits per heavy atom. The van der Waals surface area contributed by atoms with Crippen LogP contribution in [0.4, 0.5) is 0 Å². The number of hydrogen-bond donors (Lipinski definition) is 1. The van der Waals surface area contributed by atoms with Crippen LogP contribution >= 0.6 is 11.8 Å². The number of nitrogens with one attached hydrogen (secondary N) is 1. The van der Waals surface area contributed by atoms with Crippen molar-refractivity contribution < 1.29 is 19.1 Å². The molecule has 31 heavy (non-hydrogen) atoms. The molecule has 0 bridgehead atoms. The summed E-state index contributed by atoms with van der Waals surface area (Å²) in [7, 11) is 0. The molecule has 0 aliphatic carbocycles. The van der Waals surface area contributed by atoms with Crippen LogP contribution in [0.15, 0.2) is 30.3 Å². The van der Waals surface area contributed by atoms with E-state index in [9.17, 15) is 14.4 Å². The number of benzene rings is 1. The van der Waals surface area contributed by atoms with Gasteiger partial charge in [-0.25, -0.2) is 0 Å². The van der Waals surface area contributed by atoms with Gasteiger partial charge < -0.3 is 19.9 Å². The molecule has 170 valence electrons. The number of amides is 3. The van der Waals surface area contributed by atoms with Crippen LogP contribution in [-0.4, -0.2) is 70.4 Å². The van der Waals surface area contributed by atoms with Gasteiger partial charge in [-0.3, -0.25) is 14.4 Å². The lowest BCUT2D eigenvalue weighted by Gasteiger charge is -2.35. The largest absolute Gasteiger partial charge is 0.493 e. The summed E-state index contributed by atoms with van der Waals surface area (Å²) in [5.41, 5.74) is -0.324. The van der Waals surface area contributed by atoms with Gasteiger partial charge in [0.1, 0.15) is 11.8 Å². The molecule has 1 aromatic rings. The van der Waals surface area contributed by atoms with Gasteiger partial charge in [-0.05, 0) is 45.7 Å². The van der Waals surface area contributed by atoms with Gasteiger partial charge in [0, 0.05) is 30.3 Å². The highest BCUT2D eigenvalue weighted by atomic mass is 32.2. The first-order valence-electron chi connectivity index (χ1n) is 10.9. The Labute approximate surface area is 188 Å². The first kappa shape index (κ1) is 23.4. The standard InChI is InChI=1S/C23H33N3O4S/c1-23(2,3)24-21(28)19-15-31-16-26(19)22(29)17-9-12-25(13-10-17)20(27)11-14-30-18-7-5-4-6-8-18/h4-8,17,19H,9-16H2,1-3H3,(H,24,28). The van der Waals surface area contributed by atoms with Crippen molar-refractivity contribution >= 4 is 29.5 Å². The maximum atomic E-state index is 13.1. The van der Waals surface area contributed by atoms with Crippen LogP contribution in [0.5, 0.6) is 5.75 Å². The number of carbonyl (C=O) groups excluding carboxylic acids is 3. The van der Waals surface area contributed by atoms with E-state index >= 15 is 0 Å². The Balaban J connectivity index is 1.44. The quantitative estimate of drug-likeness (QED) is 0.725. The van der Waals surface area contributed by atoms with Crippen molar-refractivity contribution in [3.8, 4) is 5.75 Å². The maximum Gasteiger partial charge on any atom is 0.244 e. The highest BCUT2D eigenvalue weighted by Crippen LogP contribution is 2.27. The van der Waals surface area contributed by atoms with E-state index in [2.05, 4.69) is 5.32 Å². The smallest absolute Gasteiger partial charge is 0.244 e. The third-order valence-electron chi connectivity index (χ3n) is 5.49. The second kappa shape index (κ2) is 10.4. The minimum Gasteiger partial charge on any atom is -0.493 e. The summed E-state index contributed by atoms with van der Waals surface area (Å²) in [6, 6.07) is 9.04. The Morgan fingerprint density at radius 3 is 2.45 bits per heavy atom. The maximum absolute atomic E-state index is 13.1. The molecule has 1 atom stereocenters. The van der Waals surface area contributed by atoms with E-state index in [0.717, 1.165) is 5.75 Å². The molecule has 7 nitrogen and oxygen atoms in total. The van der Waals surface area contributed by atoms with Crippen molar-refractivity contribution in [2.45, 2.75) is 51.6 Å². The van der Waals surface area contributed by atoms with Gasteiger partial charge in [-0.1, -0.05) is 18.2 Å². The SMILES string of the molecule is CC(C)(C)NC(=O)C1CSCN1C(=O)C1CCN(C(=O)CCOc2ccccc2)CC1. The number of piperidine rings is 1. The molecule has 0 aromatic heterocycles. The number of nitrogens with zero attached hydrogens (tertiary/aromatic N) is 2. The zero-order chi connectivity index (χ0) is 22.4. The fourth-order valence-corrected chi connectivity index (χ4v) is 5.04. The van der Waals surface area contributed by atoms with Crippen molar-refractivity contribution in [3.05, 3.63) is 30.3 Å². The van der Waals surface area contributed by atoms with Crippen LogP contribution in [0, 0.1) is 5.92 Å². The lowest BCUT2D eigenvalue weighted by Crippen LogP contribution is -2.54. The molecule has 0 saturated carbocycles. The van der Waals surface area contributed by atoms with Gasteiger partial charge in [-0.15, -0.1) is 11.8 Å². The summed E-state index contributed by atoms with van der Waals surface area (Å²) in [6.45, 7) is 7.31. The highest BCUT2D eigenvalue weighted by molar-refractivity contribution is 7.99. The Hall–Kier alpha value is -2.22. The van der Waals surface area contributed by atoms with Crippen molar-refractivity contribution in [2.75, 3.05) is 31.3 Å². The first-order chi connectivity index (χ1) is 14.7. The van der Waals surface area contributed by atoms with Crippen LogP contribution in [-0.2, 0) is 14.4 Å². The van der Waals surface area contributed by atoms with Crippen molar-refractivity contribution in [2.24, 2.45) is 5.92 Å². The lowest BCUT2D eigenvalue weighted by molar-refractivity contribution is -0.144. The molecule has 3 amide bonds. The molecule has 3 rings (SSSR count). The van der Waals surface area contributed by atoms with Crippen molar-refractivity contribution in [1.29, 1.82) is 0 Å². The molecule has 1 unspecified atom stereocenters. The average molecular weight is 448 g/mol. The zero-order valence-corrected chi connectivity index (χ0v) is 19.5. The summed E-state index contributed by atoms with van der Waals surface area (Å²) in [5.74, 6) is 1.82. The zero-order valence-electron chi connectivity index (χ0n) is 18.6. The molecular formula is C23H33N3O4S. The highest BCUT2D eigenvalue weighted by Gasteiger charge is 2.39. The van der Waals surface area contributed by atoms with E-state index in [4.69, 9.17) is 4.74 Å². The number of hydrogen-bond acceptors (Lipinski definition) is 5. The van der Waals surface area contributed by atoms with E-state index in [1.54, 1.807) is 16.7 Å².